The Labute approximate surface area is 275 Å². The third kappa shape index (κ3) is 10.2. The molecule has 2 saturated heterocycles. The van der Waals surface area contributed by atoms with Crippen LogP contribution in [0.5, 0.6) is 0 Å². The zero-order chi connectivity index (χ0) is 29.6. The number of piperidine rings is 1. The summed E-state index contributed by atoms with van der Waals surface area (Å²) in [6, 6.07) is 8.52. The van der Waals surface area contributed by atoms with Gasteiger partial charge in [-0.15, -0.1) is 12.3 Å². The molecule has 5 rings (SSSR count). The molecule has 1 aromatic carbocycles. The van der Waals surface area contributed by atoms with Crippen LogP contribution in [0.4, 0.5) is 15.9 Å². The first-order chi connectivity index (χ1) is 19.4. The van der Waals surface area contributed by atoms with Crippen molar-refractivity contribution in [3.05, 3.63) is 48.2 Å². The molecule has 1 aromatic heterocycles. The Balaban J connectivity index is 0.000000275. The molecule has 1 saturated carbocycles. The number of hydrogen-bond acceptors (Lipinski definition) is 8. The zero-order valence-corrected chi connectivity index (χ0v) is 30.1. The van der Waals surface area contributed by atoms with Gasteiger partial charge in [0.2, 0.25) is 10.0 Å². The molecule has 0 bridgehead atoms. The molecular formula is C28H41FN6O4S2U. The van der Waals surface area contributed by atoms with E-state index in [-0.39, 0.29) is 54.8 Å². The topological polar surface area (TPSA) is 142 Å². The van der Waals surface area contributed by atoms with Gasteiger partial charge in [0.1, 0.15) is 6.33 Å². The summed E-state index contributed by atoms with van der Waals surface area (Å²) < 4.78 is 58.1. The molecule has 3 fully saturated rings. The average molecular weight is 847 g/mol. The Morgan fingerprint density at radius 1 is 1.24 bits per heavy atom. The predicted molar refractivity (Wildman–Crippen MR) is 158 cm³/mol. The Kier molecular flexibility index (Phi) is 13.2. The van der Waals surface area contributed by atoms with Crippen molar-refractivity contribution in [2.24, 2.45) is 11.3 Å². The van der Waals surface area contributed by atoms with E-state index in [1.54, 1.807) is 19.4 Å². The second-order valence-corrected chi connectivity index (χ2v) is 14.9. The van der Waals surface area contributed by atoms with Crippen molar-refractivity contribution in [3.63, 3.8) is 0 Å². The Morgan fingerprint density at radius 3 is 2.45 bits per heavy atom. The molecule has 0 amide bonds. The fourth-order valence-corrected chi connectivity index (χ4v) is 7.23. The third-order valence-corrected chi connectivity index (χ3v) is 10.1. The molecule has 3 heterocycles. The molecular weight excluding hydrogens is 806 g/mol. The number of sulfonamides is 1. The Bertz CT molecular complexity index is 1250. The summed E-state index contributed by atoms with van der Waals surface area (Å²) in [6.45, 7) is 7.28. The minimum absolute atomic E-state index is 0. The molecule has 10 nitrogen and oxygen atoms in total. The molecule has 1 aliphatic carbocycles. The molecule has 1 spiro atoms. The van der Waals surface area contributed by atoms with Gasteiger partial charge in [0, 0.05) is 36.9 Å². The van der Waals surface area contributed by atoms with Gasteiger partial charge in [0.25, 0.3) is 0 Å². The first-order valence-corrected chi connectivity index (χ1v) is 17.2. The average Bonchev–Trinajstić information content (AvgIpc) is 2.91. The molecule has 0 radical (unpaired) electrons. The number of benzene rings is 1. The minimum atomic E-state index is -3.08. The van der Waals surface area contributed by atoms with Gasteiger partial charge in [-0.25, -0.2) is 21.7 Å². The number of rotatable bonds is 8. The van der Waals surface area contributed by atoms with Gasteiger partial charge in [0.05, 0.1) is 11.5 Å². The standard InChI is InChI=1S/C19H30N5O2S.C9H11FNO2S.U/c1-27(25,26)22-17-4-2-16(3-5-17)12-23-10-7-19(8-11-23)13-24(14-19)18-6-9-20-15-21-18;1-6(14(12)13)5-7-8(10)3-2-4-9(7)11;/h9,15-17,22H,2-5,7-8,10-14H2,1H3;2-3,6H,5,11H2,1H3,(H,12,13);/q2*-1;+2. The summed E-state index contributed by atoms with van der Waals surface area (Å²) in [4.78, 5) is 13.2. The Hall–Kier alpha value is -1.14. The summed E-state index contributed by atoms with van der Waals surface area (Å²) in [5.74, 6) is 1.18. The number of nitrogen functional groups attached to an aromatic ring is 1. The van der Waals surface area contributed by atoms with Crippen LogP contribution in [0.15, 0.2) is 24.7 Å². The molecule has 42 heavy (non-hydrogen) atoms. The van der Waals surface area contributed by atoms with Gasteiger partial charge in [-0.2, -0.15) is 12.1 Å². The van der Waals surface area contributed by atoms with Gasteiger partial charge >= 0.3 is 31.1 Å². The van der Waals surface area contributed by atoms with E-state index in [2.05, 4.69) is 36.6 Å². The van der Waals surface area contributed by atoms with Crippen molar-refractivity contribution in [3.8, 4) is 0 Å². The van der Waals surface area contributed by atoms with Gasteiger partial charge in [-0.3, -0.25) is 9.97 Å². The number of nitrogens with one attached hydrogen (secondary N) is 1. The summed E-state index contributed by atoms with van der Waals surface area (Å²) in [5, 5.41) is -0.539. The molecule has 2 aliphatic heterocycles. The summed E-state index contributed by atoms with van der Waals surface area (Å²) in [5.41, 5.74) is 6.41. The number of halogens is 1. The van der Waals surface area contributed by atoms with Crippen molar-refractivity contribution in [2.45, 2.75) is 63.2 Å². The summed E-state index contributed by atoms with van der Waals surface area (Å²) in [7, 11) is -3.08. The first-order valence-electron chi connectivity index (χ1n) is 14.1. The number of hydrogen-bond donors (Lipinski definition) is 3. The molecule has 3 aliphatic rings. The van der Waals surface area contributed by atoms with E-state index in [0.29, 0.717) is 11.3 Å². The number of aromatic nitrogens is 2. The molecule has 2 aromatic rings. The predicted octanol–water partition coefficient (Wildman–Crippen LogP) is 2.65. The van der Waals surface area contributed by atoms with Gasteiger partial charge in [-0.05, 0) is 64.5 Å². The Morgan fingerprint density at radius 2 is 1.90 bits per heavy atom. The minimum Gasteiger partial charge on any atom is -0.420 e. The maximum absolute atomic E-state index is 13.2. The molecule has 4 N–H and O–H groups in total. The molecule has 2 atom stereocenters. The second kappa shape index (κ2) is 15.7. The number of nitrogens with zero attached hydrogens (tertiary/aromatic N) is 4. The van der Waals surface area contributed by atoms with E-state index in [1.165, 1.54) is 50.9 Å². The fraction of sp³-hybridized carbons (Fsp3) is 0.643. The van der Waals surface area contributed by atoms with E-state index in [0.717, 1.165) is 44.6 Å². The van der Waals surface area contributed by atoms with Crippen LogP contribution in [0.1, 0.15) is 51.0 Å². The van der Waals surface area contributed by atoms with Gasteiger partial charge < -0.3 is 26.2 Å². The van der Waals surface area contributed by atoms with E-state index in [1.807, 2.05) is 0 Å². The second-order valence-electron chi connectivity index (χ2n) is 11.8. The normalized spacial score (nSPS) is 23.6. The van der Waals surface area contributed by atoms with Crippen molar-refractivity contribution in [1.82, 2.24) is 19.6 Å². The number of anilines is 2. The van der Waals surface area contributed by atoms with E-state index >= 15 is 0 Å². The van der Waals surface area contributed by atoms with E-state index in [4.69, 9.17) is 10.3 Å². The van der Waals surface area contributed by atoms with Crippen molar-refractivity contribution in [2.75, 3.05) is 49.6 Å². The van der Waals surface area contributed by atoms with Crippen LogP contribution in [-0.4, -0.2) is 82.3 Å². The van der Waals surface area contributed by atoms with Crippen LogP contribution in [0.2, 0.25) is 0 Å². The van der Waals surface area contributed by atoms with E-state index in [9.17, 15) is 17.0 Å². The van der Waals surface area contributed by atoms with Crippen LogP contribution in [-0.2, 0) is 27.5 Å². The van der Waals surface area contributed by atoms with Crippen molar-refractivity contribution >= 4 is 32.6 Å². The SMILES string of the molecule is CC(Cc1c(N)[c-]ccc1F)S(=O)O.CS(=O)(=O)NC1CCC(CN2CCC3(CC2)CN(c2[c-]cncn2)C3)CC1.[U+2]. The molecule has 2 unspecified atom stereocenters. The van der Waals surface area contributed by atoms with Gasteiger partial charge in [0.15, 0.2) is 11.1 Å². The molecule has 230 valence electrons. The van der Waals surface area contributed by atoms with Crippen LogP contribution in [0.25, 0.3) is 0 Å². The quantitative estimate of drug-likeness (QED) is 0.208. The monoisotopic (exact) mass is 846 g/mol. The van der Waals surface area contributed by atoms with Crippen molar-refractivity contribution < 1.29 is 52.7 Å². The van der Waals surface area contributed by atoms with E-state index < -0.39 is 32.2 Å². The third-order valence-electron chi connectivity index (χ3n) is 8.45. The molecule has 14 heteroatoms. The largest absolute Gasteiger partial charge is 2.00 e. The fourth-order valence-electron chi connectivity index (χ4n) is 6.08. The zero-order valence-electron chi connectivity index (χ0n) is 24.3. The summed E-state index contributed by atoms with van der Waals surface area (Å²) in [6.07, 6.45) is 11.4. The maximum Gasteiger partial charge on any atom is 2.00 e. The number of likely N-dealkylation sites (tertiary alicyclic amines) is 1. The van der Waals surface area contributed by atoms with Crippen LogP contribution in [0.3, 0.4) is 0 Å². The van der Waals surface area contributed by atoms with Crippen LogP contribution < -0.4 is 15.4 Å². The smallest absolute Gasteiger partial charge is 0.420 e. The van der Waals surface area contributed by atoms with Crippen LogP contribution >= 0.6 is 0 Å². The van der Waals surface area contributed by atoms with Crippen molar-refractivity contribution in [1.29, 1.82) is 0 Å². The number of nitrogens with two attached hydrogens (primary N) is 1. The maximum atomic E-state index is 13.2. The summed E-state index contributed by atoms with van der Waals surface area (Å²) >= 11 is -1.96. The first kappa shape index (κ1) is 35.3. The van der Waals surface area contributed by atoms with Crippen LogP contribution in [0, 0.1) is 60.4 Å². The van der Waals surface area contributed by atoms with Gasteiger partial charge in [-0.1, -0.05) is 23.5 Å².